The van der Waals surface area contributed by atoms with Gasteiger partial charge in [0.1, 0.15) is 0 Å². The first-order valence-corrected chi connectivity index (χ1v) is 11.6. The monoisotopic (exact) mass is 364 g/mol. The van der Waals surface area contributed by atoms with Gasteiger partial charge in [-0.1, -0.05) is 84.5 Å². The van der Waals surface area contributed by atoms with Crippen molar-refractivity contribution in [2.45, 2.75) is 122 Å². The van der Waals surface area contributed by atoms with Gasteiger partial charge in [0.2, 0.25) is 0 Å². The van der Waals surface area contributed by atoms with Crippen molar-refractivity contribution in [1.29, 1.82) is 0 Å². The van der Waals surface area contributed by atoms with Crippen molar-refractivity contribution >= 4 is 10.1 Å². The predicted molar refractivity (Wildman–Crippen MR) is 102 cm³/mol. The van der Waals surface area contributed by atoms with E-state index in [4.69, 9.17) is 0 Å². The zero-order valence-corrected chi connectivity index (χ0v) is 16.7. The lowest BCUT2D eigenvalue weighted by molar-refractivity contribution is 0.148. The molecule has 0 aliphatic carbocycles. The summed E-state index contributed by atoms with van der Waals surface area (Å²) in [5.74, 6) is 0. The minimum Gasteiger partial charge on any atom is -0.393 e. The highest BCUT2D eigenvalue weighted by Crippen LogP contribution is 2.17. The summed E-state index contributed by atoms with van der Waals surface area (Å²) in [5, 5.41) is 9.19. The van der Waals surface area contributed by atoms with Crippen LogP contribution in [0.4, 0.5) is 0 Å². The highest BCUT2D eigenvalue weighted by molar-refractivity contribution is 7.86. The lowest BCUT2D eigenvalue weighted by Gasteiger charge is -2.12. The van der Waals surface area contributed by atoms with Crippen molar-refractivity contribution in [3.05, 3.63) is 0 Å². The maximum absolute atomic E-state index is 11.2. The average molecular weight is 365 g/mol. The molecule has 0 heterocycles. The normalized spacial score (nSPS) is 14.7. The molecule has 0 saturated carbocycles. The van der Waals surface area contributed by atoms with Crippen molar-refractivity contribution in [3.8, 4) is 0 Å². The molecule has 0 saturated heterocycles. The Bertz CT molecular complexity index is 368. The van der Waals surface area contributed by atoms with E-state index in [1.165, 1.54) is 25.7 Å². The number of rotatable bonds is 17. The Morgan fingerprint density at radius 1 is 0.667 bits per heavy atom. The van der Waals surface area contributed by atoms with E-state index < -0.39 is 15.4 Å². The third-order valence-corrected chi connectivity index (χ3v) is 6.05. The maximum Gasteiger partial charge on any atom is 0.267 e. The van der Waals surface area contributed by atoms with Crippen LogP contribution in [0.25, 0.3) is 0 Å². The van der Waals surface area contributed by atoms with E-state index in [2.05, 4.69) is 6.92 Å². The Kier molecular flexibility index (Phi) is 15.1. The Hall–Kier alpha value is -0.130. The highest BCUT2D eigenvalue weighted by atomic mass is 32.2. The smallest absolute Gasteiger partial charge is 0.267 e. The average Bonchev–Trinajstić information content (AvgIpc) is 2.52. The summed E-state index contributed by atoms with van der Waals surface area (Å²) in [6, 6.07) is 0. The van der Waals surface area contributed by atoms with E-state index in [0.717, 1.165) is 57.8 Å². The molecule has 0 aliphatic rings. The van der Waals surface area contributed by atoms with Crippen LogP contribution in [0.15, 0.2) is 0 Å². The SMILES string of the molecule is CCCCC(O)CCCCCCCCCCC(CCC)S(=O)(=O)O. The van der Waals surface area contributed by atoms with E-state index >= 15 is 0 Å². The van der Waals surface area contributed by atoms with Gasteiger partial charge in [-0.25, -0.2) is 0 Å². The fourth-order valence-corrected chi connectivity index (χ4v) is 4.16. The lowest BCUT2D eigenvalue weighted by atomic mass is 10.0. The summed E-state index contributed by atoms with van der Waals surface area (Å²) in [6.07, 6.45) is 15.0. The van der Waals surface area contributed by atoms with E-state index in [0.29, 0.717) is 12.8 Å². The van der Waals surface area contributed by atoms with Crippen LogP contribution in [0.3, 0.4) is 0 Å². The van der Waals surface area contributed by atoms with Gasteiger partial charge in [-0.3, -0.25) is 4.55 Å². The molecule has 24 heavy (non-hydrogen) atoms. The molecular weight excluding hydrogens is 324 g/mol. The molecule has 0 amide bonds. The van der Waals surface area contributed by atoms with Gasteiger partial charge in [0, 0.05) is 0 Å². The zero-order valence-electron chi connectivity index (χ0n) is 15.9. The Balaban J connectivity index is 3.45. The van der Waals surface area contributed by atoms with Crippen LogP contribution in [0, 0.1) is 0 Å². The van der Waals surface area contributed by atoms with Crippen LogP contribution < -0.4 is 0 Å². The molecule has 0 aliphatic heterocycles. The van der Waals surface area contributed by atoms with Gasteiger partial charge in [0.25, 0.3) is 10.1 Å². The van der Waals surface area contributed by atoms with Gasteiger partial charge in [-0.2, -0.15) is 8.42 Å². The third kappa shape index (κ3) is 14.2. The summed E-state index contributed by atoms with van der Waals surface area (Å²) in [7, 11) is -3.87. The second-order valence-electron chi connectivity index (χ2n) is 7.13. The minimum atomic E-state index is -3.87. The molecule has 0 rings (SSSR count). The van der Waals surface area contributed by atoms with Gasteiger partial charge in [0.05, 0.1) is 11.4 Å². The van der Waals surface area contributed by atoms with Gasteiger partial charge in [-0.05, 0) is 25.7 Å². The number of aliphatic hydroxyl groups is 1. The molecule has 0 aromatic carbocycles. The van der Waals surface area contributed by atoms with Crippen LogP contribution in [0.2, 0.25) is 0 Å². The molecule has 5 heteroatoms. The second kappa shape index (κ2) is 15.2. The highest BCUT2D eigenvalue weighted by Gasteiger charge is 2.20. The van der Waals surface area contributed by atoms with Crippen LogP contribution in [-0.4, -0.2) is 29.4 Å². The molecule has 0 aromatic heterocycles. The van der Waals surface area contributed by atoms with Crippen molar-refractivity contribution in [2.75, 3.05) is 0 Å². The Morgan fingerprint density at radius 2 is 1.12 bits per heavy atom. The van der Waals surface area contributed by atoms with Gasteiger partial charge >= 0.3 is 0 Å². The largest absolute Gasteiger partial charge is 0.393 e. The fraction of sp³-hybridized carbons (Fsp3) is 1.00. The van der Waals surface area contributed by atoms with Gasteiger partial charge in [-0.15, -0.1) is 0 Å². The zero-order chi connectivity index (χ0) is 18.3. The van der Waals surface area contributed by atoms with Crippen LogP contribution >= 0.6 is 0 Å². The molecule has 0 spiro atoms. The van der Waals surface area contributed by atoms with Crippen molar-refractivity contribution < 1.29 is 18.1 Å². The molecule has 146 valence electrons. The van der Waals surface area contributed by atoms with Crippen molar-refractivity contribution in [2.24, 2.45) is 0 Å². The van der Waals surface area contributed by atoms with Crippen LogP contribution in [-0.2, 0) is 10.1 Å². The van der Waals surface area contributed by atoms with Crippen LogP contribution in [0.1, 0.15) is 110 Å². The second-order valence-corrected chi connectivity index (χ2v) is 8.82. The van der Waals surface area contributed by atoms with E-state index in [1.54, 1.807) is 0 Å². The third-order valence-electron chi connectivity index (χ3n) is 4.74. The number of aliphatic hydroxyl groups excluding tert-OH is 1. The number of hydrogen-bond donors (Lipinski definition) is 2. The van der Waals surface area contributed by atoms with Gasteiger partial charge < -0.3 is 5.11 Å². The van der Waals surface area contributed by atoms with E-state index in [9.17, 15) is 18.1 Å². The number of unbranched alkanes of at least 4 members (excludes halogenated alkanes) is 8. The molecule has 0 aromatic rings. The summed E-state index contributed by atoms with van der Waals surface area (Å²) < 4.78 is 31.6. The number of hydrogen-bond acceptors (Lipinski definition) is 3. The Labute approximate surface area is 150 Å². The molecule has 0 fully saturated rings. The fourth-order valence-electron chi connectivity index (χ4n) is 3.16. The summed E-state index contributed by atoms with van der Waals surface area (Å²) in [6.45, 7) is 4.10. The lowest BCUT2D eigenvalue weighted by Crippen LogP contribution is -2.20. The molecule has 0 bridgehead atoms. The Morgan fingerprint density at radius 3 is 1.58 bits per heavy atom. The van der Waals surface area contributed by atoms with E-state index in [1.807, 2.05) is 6.92 Å². The van der Waals surface area contributed by atoms with Gasteiger partial charge in [0.15, 0.2) is 0 Å². The predicted octanol–water partition coefficient (Wildman–Crippen LogP) is 5.50. The molecule has 0 radical (unpaired) electrons. The maximum atomic E-state index is 11.2. The first-order chi connectivity index (χ1) is 11.4. The van der Waals surface area contributed by atoms with E-state index in [-0.39, 0.29) is 6.10 Å². The molecule has 2 unspecified atom stereocenters. The molecule has 2 atom stereocenters. The summed E-state index contributed by atoms with van der Waals surface area (Å²) in [5.41, 5.74) is 0. The molecular formula is C19H40O4S. The summed E-state index contributed by atoms with van der Waals surface area (Å²) >= 11 is 0. The molecule has 4 nitrogen and oxygen atoms in total. The van der Waals surface area contributed by atoms with Crippen LogP contribution in [0.5, 0.6) is 0 Å². The van der Waals surface area contributed by atoms with Crippen molar-refractivity contribution in [3.63, 3.8) is 0 Å². The quantitative estimate of drug-likeness (QED) is 0.264. The molecule has 2 N–H and O–H groups in total. The first kappa shape index (κ1) is 23.9. The minimum absolute atomic E-state index is 0.108. The first-order valence-electron chi connectivity index (χ1n) is 10.1. The summed E-state index contributed by atoms with van der Waals surface area (Å²) in [4.78, 5) is 0. The standard InChI is InChI=1S/C19H40O4S/c1-3-5-15-18(20)16-12-10-8-6-7-9-11-13-17-19(14-4-2)24(21,22)23/h18-20H,3-17H2,1-2H3,(H,21,22,23). The van der Waals surface area contributed by atoms with Crippen molar-refractivity contribution in [1.82, 2.24) is 0 Å². The topological polar surface area (TPSA) is 74.6 Å².